The summed E-state index contributed by atoms with van der Waals surface area (Å²) in [5.41, 5.74) is 6.84. The van der Waals surface area contributed by atoms with Crippen molar-refractivity contribution in [3.05, 3.63) is 65.6 Å². The number of carbonyl (C=O) groups excluding carboxylic acids is 1. The highest BCUT2D eigenvalue weighted by Crippen LogP contribution is 2.35. The Morgan fingerprint density at radius 1 is 1.23 bits per heavy atom. The van der Waals surface area contributed by atoms with E-state index >= 15 is 0 Å². The molecule has 0 radical (unpaired) electrons. The van der Waals surface area contributed by atoms with Crippen LogP contribution in [-0.4, -0.2) is 35.0 Å². The number of anilines is 1. The fourth-order valence-electron chi connectivity index (χ4n) is 3.96. The van der Waals surface area contributed by atoms with Gasteiger partial charge in [0.05, 0.1) is 16.6 Å². The number of halogens is 3. The Balaban J connectivity index is 1.69. The number of carbonyl (C=O) groups is 1. The normalized spacial score (nSPS) is 19.6. The summed E-state index contributed by atoms with van der Waals surface area (Å²) < 4.78 is 39.5. The van der Waals surface area contributed by atoms with Gasteiger partial charge in [0, 0.05) is 35.8 Å². The molecule has 4 rings (SSSR count). The average Bonchev–Trinajstić information content (AvgIpc) is 2.73. The van der Waals surface area contributed by atoms with Crippen LogP contribution in [-0.2, 0) is 6.18 Å². The lowest BCUT2D eigenvalue weighted by molar-refractivity contribution is -0.137. The van der Waals surface area contributed by atoms with E-state index in [1.165, 1.54) is 18.5 Å². The molecule has 4 N–H and O–H groups in total. The molecule has 1 aromatic heterocycles. The van der Waals surface area contributed by atoms with Crippen LogP contribution in [0.5, 0.6) is 0 Å². The largest absolute Gasteiger partial charge is 0.416 e. The fraction of sp³-hybridized carbons (Fsp3) is 0.286. The molecule has 0 saturated carbocycles. The summed E-state index contributed by atoms with van der Waals surface area (Å²) in [6.07, 6.45) is -0.768. The molecule has 1 fully saturated rings. The minimum Gasteiger partial charge on any atom is -0.380 e. The molecule has 6 nitrogen and oxygen atoms in total. The third-order valence-corrected chi connectivity index (χ3v) is 5.40. The number of aromatic nitrogens is 2. The molecule has 30 heavy (non-hydrogen) atoms. The number of piperidine rings is 1. The van der Waals surface area contributed by atoms with Crippen molar-refractivity contribution in [1.82, 2.24) is 15.3 Å². The molecule has 9 heteroatoms. The van der Waals surface area contributed by atoms with E-state index < -0.39 is 17.6 Å². The van der Waals surface area contributed by atoms with Gasteiger partial charge in [-0.25, -0.2) is 9.97 Å². The van der Waals surface area contributed by atoms with Gasteiger partial charge in [-0.3, -0.25) is 4.79 Å². The Morgan fingerprint density at radius 2 is 2.07 bits per heavy atom. The number of fused-ring (bicyclic) bond motifs is 1. The quantitative estimate of drug-likeness (QED) is 0.608. The molecule has 1 aliphatic heterocycles. The second-order valence-electron chi connectivity index (χ2n) is 7.28. The summed E-state index contributed by atoms with van der Waals surface area (Å²) in [5, 5.41) is 7.34. The zero-order valence-corrected chi connectivity index (χ0v) is 15.9. The maximum absolute atomic E-state index is 13.2. The SMILES string of the molecule is NC(=O)c1ccc(NC2CNCCC2c2cccc(C(F)(F)F)c2)c2cncnc12. The van der Waals surface area contributed by atoms with Gasteiger partial charge >= 0.3 is 6.18 Å². The Kier molecular flexibility index (Phi) is 5.29. The summed E-state index contributed by atoms with van der Waals surface area (Å²) in [4.78, 5) is 19.9. The van der Waals surface area contributed by atoms with Gasteiger partial charge in [-0.1, -0.05) is 18.2 Å². The summed E-state index contributed by atoms with van der Waals surface area (Å²) >= 11 is 0. The maximum atomic E-state index is 13.2. The van der Waals surface area contributed by atoms with Gasteiger partial charge in [0.25, 0.3) is 5.91 Å². The highest BCUT2D eigenvalue weighted by Gasteiger charge is 2.33. The Labute approximate surface area is 170 Å². The van der Waals surface area contributed by atoms with E-state index in [-0.39, 0.29) is 17.5 Å². The first-order chi connectivity index (χ1) is 14.3. The van der Waals surface area contributed by atoms with Crippen LogP contribution in [0.15, 0.2) is 48.9 Å². The number of nitrogens with zero attached hydrogens (tertiary/aromatic N) is 2. The second-order valence-corrected chi connectivity index (χ2v) is 7.28. The number of primary amides is 1. The van der Waals surface area contributed by atoms with Gasteiger partial charge in [0.15, 0.2) is 0 Å². The molecule has 3 aromatic rings. The Morgan fingerprint density at radius 3 is 2.83 bits per heavy atom. The van der Waals surface area contributed by atoms with E-state index in [1.807, 2.05) is 0 Å². The summed E-state index contributed by atoms with van der Waals surface area (Å²) in [6, 6.07) is 8.64. The molecule has 2 atom stereocenters. The van der Waals surface area contributed by atoms with Crippen molar-refractivity contribution in [2.75, 3.05) is 18.4 Å². The minimum absolute atomic E-state index is 0.121. The number of nitrogens with two attached hydrogens (primary N) is 1. The van der Waals surface area contributed by atoms with Crippen LogP contribution in [0, 0.1) is 0 Å². The summed E-state index contributed by atoms with van der Waals surface area (Å²) in [6.45, 7) is 1.29. The molecule has 1 saturated heterocycles. The predicted octanol–water partition coefficient (Wildman–Crippen LogP) is 3.31. The predicted molar refractivity (Wildman–Crippen MR) is 107 cm³/mol. The number of hydrogen-bond acceptors (Lipinski definition) is 5. The van der Waals surface area contributed by atoms with Crippen LogP contribution in [0.25, 0.3) is 10.9 Å². The number of hydrogen-bond donors (Lipinski definition) is 3. The zero-order valence-electron chi connectivity index (χ0n) is 15.9. The first-order valence-electron chi connectivity index (χ1n) is 9.51. The number of nitrogens with one attached hydrogen (secondary N) is 2. The monoisotopic (exact) mass is 415 g/mol. The molecule has 0 bridgehead atoms. The van der Waals surface area contributed by atoms with E-state index in [2.05, 4.69) is 20.6 Å². The lowest BCUT2D eigenvalue weighted by atomic mass is 9.85. The van der Waals surface area contributed by atoms with Crippen molar-refractivity contribution in [2.24, 2.45) is 5.73 Å². The number of benzene rings is 2. The van der Waals surface area contributed by atoms with Gasteiger partial charge in [0.1, 0.15) is 6.33 Å². The maximum Gasteiger partial charge on any atom is 0.416 e. The van der Waals surface area contributed by atoms with E-state index in [0.29, 0.717) is 41.7 Å². The molecule has 0 spiro atoms. The van der Waals surface area contributed by atoms with E-state index in [4.69, 9.17) is 5.73 Å². The average molecular weight is 415 g/mol. The van der Waals surface area contributed by atoms with Crippen LogP contribution in [0.2, 0.25) is 0 Å². The Hall–Kier alpha value is -3.20. The van der Waals surface area contributed by atoms with Crippen LogP contribution in [0.4, 0.5) is 18.9 Å². The van der Waals surface area contributed by atoms with Crippen molar-refractivity contribution < 1.29 is 18.0 Å². The molecule has 1 amide bonds. The summed E-state index contributed by atoms with van der Waals surface area (Å²) in [5.74, 6) is -0.713. The smallest absolute Gasteiger partial charge is 0.380 e. The molecule has 0 aliphatic carbocycles. The molecule has 2 aromatic carbocycles. The zero-order chi connectivity index (χ0) is 21.3. The third kappa shape index (κ3) is 3.93. The van der Waals surface area contributed by atoms with Gasteiger partial charge in [-0.15, -0.1) is 0 Å². The highest BCUT2D eigenvalue weighted by molar-refractivity contribution is 6.07. The third-order valence-electron chi connectivity index (χ3n) is 5.40. The van der Waals surface area contributed by atoms with Crippen molar-refractivity contribution in [3.8, 4) is 0 Å². The molecular weight excluding hydrogens is 395 g/mol. The molecule has 2 unspecified atom stereocenters. The second kappa shape index (κ2) is 7.91. The van der Waals surface area contributed by atoms with Crippen molar-refractivity contribution in [2.45, 2.75) is 24.6 Å². The van der Waals surface area contributed by atoms with E-state index in [0.717, 1.165) is 6.07 Å². The van der Waals surface area contributed by atoms with Crippen molar-refractivity contribution in [1.29, 1.82) is 0 Å². The molecule has 1 aliphatic rings. The molecular formula is C21H20F3N5O. The van der Waals surface area contributed by atoms with Gasteiger partial charge < -0.3 is 16.4 Å². The van der Waals surface area contributed by atoms with E-state index in [1.54, 1.807) is 24.4 Å². The first-order valence-corrected chi connectivity index (χ1v) is 9.51. The number of amides is 1. The van der Waals surface area contributed by atoms with Gasteiger partial charge in [0.2, 0.25) is 0 Å². The van der Waals surface area contributed by atoms with Crippen LogP contribution >= 0.6 is 0 Å². The topological polar surface area (TPSA) is 92.9 Å². The summed E-state index contributed by atoms with van der Waals surface area (Å²) in [7, 11) is 0. The number of alkyl halides is 3. The lowest BCUT2D eigenvalue weighted by Gasteiger charge is -2.34. The molecule has 156 valence electrons. The highest BCUT2D eigenvalue weighted by atomic mass is 19.4. The van der Waals surface area contributed by atoms with Crippen LogP contribution in [0.3, 0.4) is 0 Å². The van der Waals surface area contributed by atoms with Crippen LogP contribution in [0.1, 0.15) is 33.8 Å². The van der Waals surface area contributed by atoms with E-state index in [9.17, 15) is 18.0 Å². The minimum atomic E-state index is -4.38. The first kappa shape index (κ1) is 20.1. The lowest BCUT2D eigenvalue weighted by Crippen LogP contribution is -2.44. The Bertz CT molecular complexity index is 1090. The van der Waals surface area contributed by atoms with Gasteiger partial charge in [-0.05, 0) is 36.7 Å². The van der Waals surface area contributed by atoms with Crippen molar-refractivity contribution >= 4 is 22.5 Å². The standard InChI is InChI=1S/C21H20F3N5O/c22-21(23,24)13-3-1-2-12(8-13)14-6-7-26-10-18(14)29-17-5-4-15(20(25)30)19-16(17)9-27-11-28-19/h1-5,8-9,11,14,18,26,29H,6-7,10H2,(H2,25,30). The fourth-order valence-corrected chi connectivity index (χ4v) is 3.96. The number of rotatable bonds is 4. The van der Waals surface area contributed by atoms with Crippen molar-refractivity contribution in [3.63, 3.8) is 0 Å². The molecule has 2 heterocycles. The van der Waals surface area contributed by atoms with Gasteiger partial charge in [-0.2, -0.15) is 13.2 Å². The van der Waals surface area contributed by atoms with Crippen LogP contribution < -0.4 is 16.4 Å².